The molecule has 0 unspecified atom stereocenters. The highest BCUT2D eigenvalue weighted by Gasteiger charge is 2.03. The average Bonchev–Trinajstić information content (AvgIpc) is 2.47. The molecule has 1 aromatic carbocycles. The van der Waals surface area contributed by atoms with Gasteiger partial charge in [0.1, 0.15) is 5.78 Å². The summed E-state index contributed by atoms with van der Waals surface area (Å²) >= 11 is 3.45. The highest BCUT2D eigenvalue weighted by molar-refractivity contribution is 9.10. The maximum absolute atomic E-state index is 11.0. The SMILES string of the molecule is CC(=O)Cc1ccc2[nH]cc(Br)c2c1. The lowest BCUT2D eigenvalue weighted by atomic mass is 10.1. The molecule has 0 amide bonds. The van der Waals surface area contributed by atoms with Gasteiger partial charge in [0.2, 0.25) is 0 Å². The summed E-state index contributed by atoms with van der Waals surface area (Å²) in [4.78, 5) is 14.1. The zero-order valence-corrected chi connectivity index (χ0v) is 9.39. The van der Waals surface area contributed by atoms with Crippen molar-refractivity contribution in [3.05, 3.63) is 34.4 Å². The molecule has 0 aliphatic carbocycles. The number of fused-ring (bicyclic) bond motifs is 1. The van der Waals surface area contributed by atoms with Crippen molar-refractivity contribution in [1.82, 2.24) is 4.98 Å². The van der Waals surface area contributed by atoms with Gasteiger partial charge in [-0.3, -0.25) is 4.79 Å². The standard InChI is InChI=1S/C11H10BrNO/c1-7(14)4-8-2-3-11-9(5-8)10(12)6-13-11/h2-3,5-6,13H,4H2,1H3. The zero-order chi connectivity index (χ0) is 10.1. The molecule has 1 aromatic heterocycles. The smallest absolute Gasteiger partial charge is 0.134 e. The number of benzene rings is 1. The van der Waals surface area contributed by atoms with Crippen LogP contribution in [0.25, 0.3) is 10.9 Å². The Morgan fingerprint density at radius 3 is 3.00 bits per heavy atom. The number of H-pyrrole nitrogens is 1. The van der Waals surface area contributed by atoms with Crippen molar-refractivity contribution in [2.24, 2.45) is 0 Å². The lowest BCUT2D eigenvalue weighted by Gasteiger charge is -1.98. The number of ketones is 1. The molecule has 2 aromatic rings. The van der Waals surface area contributed by atoms with E-state index in [9.17, 15) is 4.79 Å². The number of carbonyl (C=O) groups is 1. The molecule has 2 rings (SSSR count). The predicted molar refractivity (Wildman–Crippen MR) is 60.4 cm³/mol. The second-order valence-electron chi connectivity index (χ2n) is 3.40. The quantitative estimate of drug-likeness (QED) is 0.875. The number of Topliss-reactive ketones (excluding diaryl/α,β-unsaturated/α-hetero) is 1. The molecule has 0 aliphatic heterocycles. The van der Waals surface area contributed by atoms with E-state index in [0.717, 1.165) is 20.9 Å². The first-order valence-electron chi connectivity index (χ1n) is 4.42. The second-order valence-corrected chi connectivity index (χ2v) is 4.25. The van der Waals surface area contributed by atoms with Crippen LogP contribution in [-0.2, 0) is 11.2 Å². The molecule has 3 heteroatoms. The first kappa shape index (κ1) is 9.46. The number of nitrogens with one attached hydrogen (secondary N) is 1. The van der Waals surface area contributed by atoms with Crippen molar-refractivity contribution in [2.75, 3.05) is 0 Å². The summed E-state index contributed by atoms with van der Waals surface area (Å²) in [6.45, 7) is 1.61. The van der Waals surface area contributed by atoms with E-state index in [1.165, 1.54) is 0 Å². The summed E-state index contributed by atoms with van der Waals surface area (Å²) in [6, 6.07) is 6.02. The van der Waals surface area contributed by atoms with Gasteiger partial charge in [-0.2, -0.15) is 0 Å². The van der Waals surface area contributed by atoms with Crippen molar-refractivity contribution in [2.45, 2.75) is 13.3 Å². The number of aromatic nitrogens is 1. The molecular formula is C11H10BrNO. The summed E-state index contributed by atoms with van der Waals surface area (Å²) in [6.07, 6.45) is 2.41. The van der Waals surface area contributed by atoms with E-state index in [0.29, 0.717) is 6.42 Å². The topological polar surface area (TPSA) is 32.9 Å². The Morgan fingerprint density at radius 2 is 2.29 bits per heavy atom. The molecule has 0 saturated carbocycles. The van der Waals surface area contributed by atoms with Crippen molar-refractivity contribution in [3.63, 3.8) is 0 Å². The molecule has 14 heavy (non-hydrogen) atoms. The van der Waals surface area contributed by atoms with Crippen LogP contribution in [0, 0.1) is 0 Å². The van der Waals surface area contributed by atoms with E-state index in [2.05, 4.69) is 20.9 Å². The number of rotatable bonds is 2. The van der Waals surface area contributed by atoms with Crippen LogP contribution in [0.4, 0.5) is 0 Å². The predicted octanol–water partition coefficient (Wildman–Crippen LogP) is 3.06. The Kier molecular flexibility index (Phi) is 2.42. The van der Waals surface area contributed by atoms with Gasteiger partial charge in [-0.25, -0.2) is 0 Å². The summed E-state index contributed by atoms with van der Waals surface area (Å²) in [7, 11) is 0. The van der Waals surface area contributed by atoms with Gasteiger partial charge in [-0.15, -0.1) is 0 Å². The molecule has 0 aliphatic rings. The highest BCUT2D eigenvalue weighted by Crippen LogP contribution is 2.24. The zero-order valence-electron chi connectivity index (χ0n) is 7.80. The number of hydrogen-bond acceptors (Lipinski definition) is 1. The van der Waals surface area contributed by atoms with E-state index >= 15 is 0 Å². The molecule has 0 fully saturated rings. The van der Waals surface area contributed by atoms with E-state index in [1.54, 1.807) is 6.92 Å². The Morgan fingerprint density at radius 1 is 1.50 bits per heavy atom. The van der Waals surface area contributed by atoms with Gasteiger partial charge in [0.25, 0.3) is 0 Å². The highest BCUT2D eigenvalue weighted by atomic mass is 79.9. The monoisotopic (exact) mass is 251 g/mol. The number of carbonyl (C=O) groups excluding carboxylic acids is 1. The maximum Gasteiger partial charge on any atom is 0.134 e. The fourth-order valence-corrected chi connectivity index (χ4v) is 1.97. The minimum absolute atomic E-state index is 0.191. The molecule has 72 valence electrons. The van der Waals surface area contributed by atoms with Gasteiger partial charge in [0, 0.05) is 28.0 Å². The van der Waals surface area contributed by atoms with Crippen LogP contribution in [0.2, 0.25) is 0 Å². The lowest BCUT2D eigenvalue weighted by Crippen LogP contribution is -1.95. The average molecular weight is 252 g/mol. The first-order chi connectivity index (χ1) is 6.66. The summed E-state index contributed by atoms with van der Waals surface area (Å²) < 4.78 is 1.04. The molecule has 1 N–H and O–H groups in total. The van der Waals surface area contributed by atoms with Gasteiger partial charge >= 0.3 is 0 Å². The molecule has 0 atom stereocenters. The Labute approximate surface area is 90.4 Å². The van der Waals surface area contributed by atoms with Gasteiger partial charge in [0.05, 0.1) is 0 Å². The largest absolute Gasteiger partial charge is 0.360 e. The van der Waals surface area contributed by atoms with Gasteiger partial charge < -0.3 is 4.98 Å². The van der Waals surface area contributed by atoms with Crippen LogP contribution in [0.15, 0.2) is 28.9 Å². The summed E-state index contributed by atoms with van der Waals surface area (Å²) in [5, 5.41) is 1.13. The fraction of sp³-hybridized carbons (Fsp3) is 0.182. The Bertz CT molecular complexity index is 487. The van der Waals surface area contributed by atoms with Crippen molar-refractivity contribution in [3.8, 4) is 0 Å². The minimum Gasteiger partial charge on any atom is -0.360 e. The third-order valence-electron chi connectivity index (χ3n) is 2.15. The summed E-state index contributed by atoms with van der Waals surface area (Å²) in [5.41, 5.74) is 2.15. The molecule has 0 radical (unpaired) electrons. The number of hydrogen-bond donors (Lipinski definition) is 1. The summed E-state index contributed by atoms with van der Waals surface area (Å²) in [5.74, 6) is 0.191. The molecule has 0 saturated heterocycles. The Balaban J connectivity index is 2.49. The normalized spacial score (nSPS) is 10.7. The number of halogens is 1. The number of aromatic amines is 1. The van der Waals surface area contributed by atoms with Crippen molar-refractivity contribution < 1.29 is 4.79 Å². The van der Waals surface area contributed by atoms with Gasteiger partial charge in [-0.1, -0.05) is 6.07 Å². The molecule has 0 spiro atoms. The van der Waals surface area contributed by atoms with Gasteiger partial charge in [0.15, 0.2) is 0 Å². The molecule has 0 bridgehead atoms. The van der Waals surface area contributed by atoms with Crippen molar-refractivity contribution in [1.29, 1.82) is 0 Å². The molecular weight excluding hydrogens is 242 g/mol. The Hall–Kier alpha value is -1.09. The van der Waals surface area contributed by atoms with E-state index in [4.69, 9.17) is 0 Å². The van der Waals surface area contributed by atoms with E-state index in [1.807, 2.05) is 24.4 Å². The minimum atomic E-state index is 0.191. The van der Waals surface area contributed by atoms with Crippen LogP contribution >= 0.6 is 15.9 Å². The lowest BCUT2D eigenvalue weighted by molar-refractivity contribution is -0.116. The fourth-order valence-electron chi connectivity index (χ4n) is 1.53. The van der Waals surface area contributed by atoms with E-state index < -0.39 is 0 Å². The van der Waals surface area contributed by atoms with Crippen LogP contribution in [0.3, 0.4) is 0 Å². The molecule has 1 heterocycles. The molecule has 2 nitrogen and oxygen atoms in total. The van der Waals surface area contributed by atoms with Gasteiger partial charge in [-0.05, 0) is 40.5 Å². The third-order valence-corrected chi connectivity index (χ3v) is 2.80. The first-order valence-corrected chi connectivity index (χ1v) is 5.21. The van der Waals surface area contributed by atoms with Crippen molar-refractivity contribution >= 4 is 32.6 Å². The third kappa shape index (κ3) is 1.73. The van der Waals surface area contributed by atoms with E-state index in [-0.39, 0.29) is 5.78 Å². The maximum atomic E-state index is 11.0. The van der Waals surface area contributed by atoms with Crippen LogP contribution in [0.1, 0.15) is 12.5 Å². The van der Waals surface area contributed by atoms with Crippen LogP contribution < -0.4 is 0 Å². The van der Waals surface area contributed by atoms with Crippen LogP contribution in [-0.4, -0.2) is 10.8 Å². The second kappa shape index (κ2) is 3.58. The van der Waals surface area contributed by atoms with Crippen LogP contribution in [0.5, 0.6) is 0 Å².